The van der Waals surface area contributed by atoms with Gasteiger partial charge in [0.15, 0.2) is 0 Å². The van der Waals surface area contributed by atoms with Crippen LogP contribution >= 0.6 is 0 Å². The molecule has 0 aromatic heterocycles. The summed E-state index contributed by atoms with van der Waals surface area (Å²) in [6, 6.07) is 6.76. The van der Waals surface area contributed by atoms with Gasteiger partial charge in [-0.05, 0) is 30.7 Å². The van der Waals surface area contributed by atoms with Crippen molar-refractivity contribution < 1.29 is 23.0 Å². The molecule has 0 atom stereocenters. The van der Waals surface area contributed by atoms with Gasteiger partial charge >= 0.3 is 5.97 Å². The minimum atomic E-state index is -1.12. The molecule has 114 valence electrons. The molecule has 0 N–H and O–H groups in total. The number of carbonyl (C=O) groups is 1. The van der Waals surface area contributed by atoms with Gasteiger partial charge in [-0.25, -0.2) is 13.6 Å². The van der Waals surface area contributed by atoms with Crippen LogP contribution < -0.4 is 4.74 Å². The zero-order valence-electron chi connectivity index (χ0n) is 12.4. The van der Waals surface area contributed by atoms with Crippen molar-refractivity contribution in [3.63, 3.8) is 0 Å². The number of halogens is 2. The lowest BCUT2D eigenvalue weighted by Gasteiger charge is -2.33. The molecule has 1 heterocycles. The molecule has 2 aromatic rings. The van der Waals surface area contributed by atoms with E-state index in [-0.39, 0.29) is 22.4 Å². The smallest absolute Gasteiger partial charge is 0.345 e. The number of rotatable bonds is 1. The van der Waals surface area contributed by atoms with Gasteiger partial charge in [0.2, 0.25) is 5.79 Å². The quantitative estimate of drug-likeness (QED) is 0.740. The second-order valence-corrected chi connectivity index (χ2v) is 5.67. The number of benzene rings is 2. The van der Waals surface area contributed by atoms with E-state index in [0.29, 0.717) is 0 Å². The molecule has 1 aliphatic heterocycles. The van der Waals surface area contributed by atoms with Gasteiger partial charge in [0.25, 0.3) is 0 Å². The average molecular weight is 304 g/mol. The lowest BCUT2D eigenvalue weighted by molar-refractivity contribution is -0.127. The normalized spacial score (nSPS) is 15.8. The number of esters is 1. The van der Waals surface area contributed by atoms with Crippen molar-refractivity contribution in [3.05, 3.63) is 53.1 Å². The molecule has 22 heavy (non-hydrogen) atoms. The maximum Gasteiger partial charge on any atom is 0.345 e. The summed E-state index contributed by atoms with van der Waals surface area (Å²) in [6.45, 7) is 4.96. The third-order valence-electron chi connectivity index (χ3n) is 3.38. The Morgan fingerprint density at radius 3 is 2.27 bits per heavy atom. The Hall–Kier alpha value is -2.43. The molecule has 0 bridgehead atoms. The van der Waals surface area contributed by atoms with Crippen molar-refractivity contribution in [2.45, 2.75) is 26.6 Å². The van der Waals surface area contributed by atoms with Crippen LogP contribution in [0.4, 0.5) is 8.78 Å². The van der Waals surface area contributed by atoms with E-state index in [1.54, 1.807) is 32.9 Å². The SMILES string of the molecule is Cc1cc2c(c(-c3c(F)cccc3F)c1)C(=O)OC(C)(C)O2. The molecule has 5 heteroatoms. The lowest BCUT2D eigenvalue weighted by Crippen LogP contribution is -2.39. The topological polar surface area (TPSA) is 35.5 Å². The summed E-state index contributed by atoms with van der Waals surface area (Å²) in [4.78, 5) is 12.3. The number of cyclic esters (lactones) is 1. The highest BCUT2D eigenvalue weighted by molar-refractivity contribution is 6.01. The molecule has 0 unspecified atom stereocenters. The van der Waals surface area contributed by atoms with Gasteiger partial charge < -0.3 is 9.47 Å². The van der Waals surface area contributed by atoms with Gasteiger partial charge in [0, 0.05) is 19.4 Å². The molecule has 0 radical (unpaired) electrons. The van der Waals surface area contributed by atoms with Gasteiger partial charge in [-0.2, -0.15) is 0 Å². The fraction of sp³-hybridized carbons (Fsp3) is 0.235. The van der Waals surface area contributed by atoms with Gasteiger partial charge in [-0.15, -0.1) is 0 Å². The predicted molar refractivity (Wildman–Crippen MR) is 76.7 cm³/mol. The summed E-state index contributed by atoms with van der Waals surface area (Å²) >= 11 is 0. The monoisotopic (exact) mass is 304 g/mol. The summed E-state index contributed by atoms with van der Waals surface area (Å²) in [5, 5.41) is 0. The Balaban J connectivity index is 2.31. The first-order chi connectivity index (χ1) is 10.3. The third-order valence-corrected chi connectivity index (χ3v) is 3.38. The standard InChI is InChI=1S/C17H14F2O3/c1-9-7-10(14-11(18)5-4-6-12(14)19)15-13(8-9)21-17(2,3)22-16(15)20/h4-8H,1-3H3. The molecule has 1 aliphatic rings. The van der Waals surface area contributed by atoms with Crippen molar-refractivity contribution in [1.29, 1.82) is 0 Å². The highest BCUT2D eigenvalue weighted by Crippen LogP contribution is 2.40. The third kappa shape index (κ3) is 2.32. The van der Waals surface area contributed by atoms with Crippen LogP contribution in [0.3, 0.4) is 0 Å². The van der Waals surface area contributed by atoms with Crippen LogP contribution in [0.25, 0.3) is 11.1 Å². The molecule has 3 nitrogen and oxygen atoms in total. The van der Waals surface area contributed by atoms with E-state index in [1.165, 1.54) is 6.07 Å². The van der Waals surface area contributed by atoms with Crippen molar-refractivity contribution in [3.8, 4) is 16.9 Å². The van der Waals surface area contributed by atoms with Crippen LogP contribution in [0.2, 0.25) is 0 Å². The Kier molecular flexibility index (Phi) is 3.16. The number of fused-ring (bicyclic) bond motifs is 1. The number of hydrogen-bond donors (Lipinski definition) is 0. The molecule has 0 saturated heterocycles. The van der Waals surface area contributed by atoms with E-state index in [1.807, 2.05) is 0 Å². The Labute approximate surface area is 126 Å². The lowest BCUT2D eigenvalue weighted by atomic mass is 9.95. The Morgan fingerprint density at radius 2 is 1.64 bits per heavy atom. The second-order valence-electron chi connectivity index (χ2n) is 5.67. The number of hydrogen-bond acceptors (Lipinski definition) is 3. The molecule has 0 fully saturated rings. The van der Waals surface area contributed by atoms with Gasteiger partial charge in [-0.3, -0.25) is 0 Å². The van der Waals surface area contributed by atoms with E-state index in [2.05, 4.69) is 0 Å². The van der Waals surface area contributed by atoms with E-state index < -0.39 is 23.4 Å². The molecule has 0 amide bonds. The number of ether oxygens (including phenoxy) is 2. The van der Waals surface area contributed by atoms with E-state index in [0.717, 1.165) is 17.7 Å². The minimum absolute atomic E-state index is 0.0360. The van der Waals surface area contributed by atoms with Crippen molar-refractivity contribution in [2.24, 2.45) is 0 Å². The fourth-order valence-corrected chi connectivity index (χ4v) is 2.56. The largest absolute Gasteiger partial charge is 0.452 e. The van der Waals surface area contributed by atoms with Crippen LogP contribution in [0.5, 0.6) is 5.75 Å². The predicted octanol–water partition coefficient (Wildman–Crippen LogP) is 4.23. The first-order valence-electron chi connectivity index (χ1n) is 6.80. The van der Waals surface area contributed by atoms with Crippen molar-refractivity contribution in [1.82, 2.24) is 0 Å². The summed E-state index contributed by atoms with van der Waals surface area (Å²) < 4.78 is 39.0. The maximum absolute atomic E-state index is 14.1. The summed E-state index contributed by atoms with van der Waals surface area (Å²) in [5.41, 5.74) is 0.629. The van der Waals surface area contributed by atoms with Crippen LogP contribution in [0.1, 0.15) is 29.8 Å². The van der Waals surface area contributed by atoms with Crippen molar-refractivity contribution in [2.75, 3.05) is 0 Å². The Morgan fingerprint density at radius 1 is 1.00 bits per heavy atom. The number of aryl methyl sites for hydroxylation is 1. The van der Waals surface area contributed by atoms with E-state index in [4.69, 9.17) is 9.47 Å². The summed E-state index contributed by atoms with van der Waals surface area (Å²) in [6.07, 6.45) is 0. The number of carbonyl (C=O) groups excluding carboxylic acids is 1. The summed E-state index contributed by atoms with van der Waals surface area (Å²) in [5.74, 6) is -3.01. The molecule has 2 aromatic carbocycles. The first-order valence-corrected chi connectivity index (χ1v) is 6.80. The van der Waals surface area contributed by atoms with E-state index in [9.17, 15) is 13.6 Å². The Bertz CT molecular complexity index is 761. The van der Waals surface area contributed by atoms with Crippen LogP contribution in [0, 0.1) is 18.6 Å². The zero-order valence-corrected chi connectivity index (χ0v) is 12.4. The summed E-state index contributed by atoms with van der Waals surface area (Å²) in [7, 11) is 0. The van der Waals surface area contributed by atoms with Crippen LogP contribution in [0.15, 0.2) is 30.3 Å². The van der Waals surface area contributed by atoms with Gasteiger partial charge in [0.1, 0.15) is 22.9 Å². The van der Waals surface area contributed by atoms with Gasteiger partial charge in [0.05, 0.1) is 5.56 Å². The van der Waals surface area contributed by atoms with E-state index >= 15 is 0 Å². The molecule has 3 rings (SSSR count). The van der Waals surface area contributed by atoms with Crippen molar-refractivity contribution >= 4 is 5.97 Å². The van der Waals surface area contributed by atoms with Crippen LogP contribution in [-0.4, -0.2) is 11.8 Å². The molecular formula is C17H14F2O3. The van der Waals surface area contributed by atoms with Gasteiger partial charge in [-0.1, -0.05) is 12.1 Å². The highest BCUT2D eigenvalue weighted by atomic mass is 19.1. The zero-order chi connectivity index (χ0) is 16.1. The average Bonchev–Trinajstić information content (AvgIpc) is 2.35. The molecular weight excluding hydrogens is 290 g/mol. The fourth-order valence-electron chi connectivity index (χ4n) is 2.56. The maximum atomic E-state index is 14.1. The first kappa shape index (κ1) is 14.5. The molecule has 0 saturated carbocycles. The minimum Gasteiger partial charge on any atom is -0.452 e. The van der Waals surface area contributed by atoms with Crippen LogP contribution in [-0.2, 0) is 4.74 Å². The molecule has 0 aliphatic carbocycles. The second kappa shape index (κ2) is 4.80. The highest BCUT2D eigenvalue weighted by Gasteiger charge is 2.36. The molecule has 0 spiro atoms.